The molecule has 0 fully saturated rings. The minimum Gasteiger partial charge on any atom is -0.759 e. The molecule has 0 aromatic carbocycles. The third kappa shape index (κ3) is 9450. The van der Waals surface area contributed by atoms with Gasteiger partial charge in [0.25, 0.3) is 0 Å². The van der Waals surface area contributed by atoms with E-state index in [2.05, 4.69) is 0 Å². The molecule has 0 unspecified atom stereocenters. The Balaban J connectivity index is -0.00000000508. The van der Waals surface area contributed by atoms with Gasteiger partial charge in [-0.2, -0.15) is 0 Å². The fraction of sp³-hybridized carbons (Fsp3) is 0. The first kappa shape index (κ1) is 90.7. The van der Waals surface area contributed by atoms with Crippen LogP contribution in [0.3, 0.4) is 0 Å². The molecule has 126 valence electrons. The molecule has 0 rings (SSSR count). The fourth-order valence-corrected chi connectivity index (χ4v) is 0. The van der Waals surface area contributed by atoms with Gasteiger partial charge in [-0.05, 0) is 0 Å². The molecule has 19 heteroatoms. The molecule has 0 amide bonds. The predicted molar refractivity (Wildman–Crippen MR) is 52.0 cm³/mol. The predicted octanol–water partition coefficient (Wildman–Crippen LogP) is -8.83. The molecule has 0 heterocycles. The maximum Gasteiger partial charge on any atom is 2.00 e. The van der Waals surface area contributed by atoms with Crippen LogP contribution in [0, 0.1) is 0 Å². The molecule has 0 atom stereocenters. The maximum atomic E-state index is 8.52. The Morgan fingerprint density at radius 3 is 0.474 bits per heavy atom. The Morgan fingerprint density at radius 1 is 0.474 bits per heavy atom. The van der Waals surface area contributed by atoms with Crippen molar-refractivity contribution >= 4 is 43.9 Å². The van der Waals surface area contributed by atoms with Gasteiger partial charge >= 0.3 is 40.1 Å². The fourth-order valence-electron chi connectivity index (χ4n) is 0. The summed E-state index contributed by atoms with van der Waals surface area (Å²) in [6.07, 6.45) is 0. The van der Waals surface area contributed by atoms with Gasteiger partial charge < -0.3 is 56.5 Å². The largest absolute Gasteiger partial charge is 2.00 e. The monoisotopic (exact) mass is 398 g/mol. The van der Waals surface area contributed by atoms with Crippen molar-refractivity contribution in [2.45, 2.75) is 0 Å². The zero-order chi connectivity index (χ0) is 9.00. The molecule has 0 aliphatic rings. The minimum atomic E-state index is -5.17. The van der Waals surface area contributed by atoms with E-state index < -0.39 is 20.8 Å². The van der Waals surface area contributed by atoms with Gasteiger partial charge in [-0.3, -0.25) is 16.8 Å². The first-order chi connectivity index (χ1) is 4.00. The van der Waals surface area contributed by atoms with Crippen molar-refractivity contribution in [1.29, 1.82) is 0 Å². The molecule has 14 N–H and O–H groups in total. The molecule has 0 bridgehead atoms. The zero-order valence-electron chi connectivity index (χ0n) is 8.64. The van der Waals surface area contributed by atoms with E-state index in [-0.39, 0.29) is 78.5 Å². The second kappa shape index (κ2) is 36.3. The van der Waals surface area contributed by atoms with Crippen molar-refractivity contribution < 1.29 is 90.4 Å². The van der Waals surface area contributed by atoms with Crippen molar-refractivity contribution in [3.8, 4) is 0 Å². The van der Waals surface area contributed by atoms with E-state index in [0.717, 1.165) is 0 Å². The normalized spacial score (nSPS) is 6.11. The third-order valence-electron chi connectivity index (χ3n) is 0. The van der Waals surface area contributed by atoms with Gasteiger partial charge in [0.15, 0.2) is 0 Å². The molecule has 0 saturated carbocycles. The summed E-state index contributed by atoms with van der Waals surface area (Å²) < 4.78 is 68.2. The van der Waals surface area contributed by atoms with Gasteiger partial charge in [0, 0.05) is 20.8 Å². The Bertz CT molecular complexity index is 217. The Morgan fingerprint density at radius 2 is 0.474 bits per heavy atom. The van der Waals surface area contributed by atoms with Crippen LogP contribution in [0.15, 0.2) is 0 Å². The summed E-state index contributed by atoms with van der Waals surface area (Å²) in [5.74, 6) is 0. The van der Waals surface area contributed by atoms with E-state index in [1.807, 2.05) is 0 Å². The number of rotatable bonds is 0. The molecule has 0 saturated heterocycles. The molecule has 0 aromatic heterocycles. The van der Waals surface area contributed by atoms with Crippen molar-refractivity contribution in [2.75, 3.05) is 0 Å². The Kier molecular flexibility index (Phi) is 173. The van der Waals surface area contributed by atoms with Crippen LogP contribution in [-0.4, -0.2) is 96.4 Å². The Labute approximate surface area is 134 Å². The molecule has 15 nitrogen and oxygen atoms in total. The standard InChI is InChI=1S/Fe.Mg.2H2O4S.7H2O/c;;2*1-5(2,3)4;;;;;;;/h;;2*(H2,1,2,3,4);7*1H2/q2*+2;;;;;;;;;/p-4. The molecule has 0 radical (unpaired) electrons. The molecule has 0 aliphatic heterocycles. The quantitative estimate of drug-likeness (QED) is 0.213. The molecule has 19 heavy (non-hydrogen) atoms. The first-order valence-electron chi connectivity index (χ1n) is 1.33. The summed E-state index contributed by atoms with van der Waals surface area (Å²) in [7, 11) is -10.3. The summed E-state index contributed by atoms with van der Waals surface area (Å²) >= 11 is 0. The van der Waals surface area contributed by atoms with Crippen LogP contribution in [0.1, 0.15) is 0 Å². The van der Waals surface area contributed by atoms with E-state index in [1.54, 1.807) is 0 Å². The van der Waals surface area contributed by atoms with Crippen LogP contribution in [-0.2, 0) is 37.9 Å². The number of hydrogen-bond acceptors (Lipinski definition) is 8. The maximum absolute atomic E-state index is 8.52. The minimum absolute atomic E-state index is 0. The topological polar surface area (TPSA) is 381 Å². The van der Waals surface area contributed by atoms with Crippen molar-refractivity contribution in [3.63, 3.8) is 0 Å². The van der Waals surface area contributed by atoms with Crippen LogP contribution in [0.25, 0.3) is 0 Å². The summed E-state index contributed by atoms with van der Waals surface area (Å²) in [4.78, 5) is 0. The van der Waals surface area contributed by atoms with Crippen LogP contribution in [0.4, 0.5) is 0 Å². The number of hydrogen-bond donors (Lipinski definition) is 0. The van der Waals surface area contributed by atoms with E-state index in [1.165, 1.54) is 0 Å². The molecule has 0 aliphatic carbocycles. The van der Waals surface area contributed by atoms with Crippen LogP contribution >= 0.6 is 0 Å². The zero-order valence-corrected chi connectivity index (χ0v) is 12.8. The van der Waals surface area contributed by atoms with Gasteiger partial charge in [0.2, 0.25) is 0 Å². The smallest absolute Gasteiger partial charge is 0.759 e. The van der Waals surface area contributed by atoms with Crippen molar-refractivity contribution in [2.24, 2.45) is 0 Å². The van der Waals surface area contributed by atoms with E-state index in [4.69, 9.17) is 35.0 Å². The van der Waals surface area contributed by atoms with Crippen LogP contribution in [0.5, 0.6) is 0 Å². The van der Waals surface area contributed by atoms with Gasteiger partial charge in [-0.15, -0.1) is 0 Å². The van der Waals surface area contributed by atoms with Crippen molar-refractivity contribution in [1.82, 2.24) is 0 Å². The van der Waals surface area contributed by atoms with Crippen LogP contribution < -0.4 is 0 Å². The van der Waals surface area contributed by atoms with Crippen molar-refractivity contribution in [3.05, 3.63) is 0 Å². The molecular formula is H14FeMgO15S2. The summed E-state index contributed by atoms with van der Waals surface area (Å²) in [5.41, 5.74) is 0. The second-order valence-electron chi connectivity index (χ2n) is 0.816. The average Bonchev–Trinajstić information content (AvgIpc) is 1.12. The van der Waals surface area contributed by atoms with E-state index in [9.17, 15) is 0 Å². The van der Waals surface area contributed by atoms with Gasteiger partial charge in [0.1, 0.15) is 0 Å². The second-order valence-corrected chi connectivity index (χ2v) is 2.45. The Hall–Kier alpha value is 0.746. The van der Waals surface area contributed by atoms with Gasteiger partial charge in [-0.25, -0.2) is 0 Å². The van der Waals surface area contributed by atoms with Gasteiger partial charge in [-0.1, -0.05) is 0 Å². The van der Waals surface area contributed by atoms with Gasteiger partial charge in [0.05, 0.1) is 0 Å². The van der Waals surface area contributed by atoms with E-state index in [0.29, 0.717) is 0 Å². The summed E-state index contributed by atoms with van der Waals surface area (Å²) in [6, 6.07) is 0. The molecular weight excluding hydrogens is 384 g/mol. The summed E-state index contributed by atoms with van der Waals surface area (Å²) in [5, 5.41) is 0. The van der Waals surface area contributed by atoms with E-state index >= 15 is 0 Å². The molecule has 0 spiro atoms. The SMILES string of the molecule is O.O.O.O.O.O.O.O=S(=O)([O-])[O-].O=S(=O)([O-])[O-].[Fe+2].[Mg+2]. The third-order valence-corrected chi connectivity index (χ3v) is 0. The molecule has 0 aromatic rings. The average molecular weight is 398 g/mol. The van der Waals surface area contributed by atoms with Crippen LogP contribution in [0.2, 0.25) is 0 Å². The summed E-state index contributed by atoms with van der Waals surface area (Å²) in [6.45, 7) is 0. The first-order valence-corrected chi connectivity index (χ1v) is 4.00.